The Morgan fingerprint density at radius 1 is 0.882 bits per heavy atom. The fourth-order valence-electron chi connectivity index (χ4n) is 1.64. The largest absolute Gasteiger partial charge is 0.387 e. The number of para-hydroxylation sites is 1. The second-order valence-electron chi connectivity index (χ2n) is 3.92. The van der Waals surface area contributed by atoms with E-state index in [-0.39, 0.29) is 0 Å². The van der Waals surface area contributed by atoms with Gasteiger partial charge in [0.05, 0.1) is 11.5 Å². The van der Waals surface area contributed by atoms with Gasteiger partial charge in [-0.05, 0) is 24.1 Å². The van der Waals surface area contributed by atoms with Crippen molar-refractivity contribution in [2.24, 2.45) is 10.7 Å². The zero-order chi connectivity index (χ0) is 11.9. The van der Waals surface area contributed by atoms with Crippen LogP contribution in [-0.2, 0) is 6.42 Å². The molecule has 0 amide bonds. The lowest BCUT2D eigenvalue weighted by Crippen LogP contribution is -2.12. The van der Waals surface area contributed by atoms with E-state index in [4.69, 9.17) is 5.73 Å². The van der Waals surface area contributed by atoms with E-state index in [2.05, 4.69) is 17.1 Å². The van der Waals surface area contributed by atoms with E-state index in [1.165, 1.54) is 5.56 Å². The summed E-state index contributed by atoms with van der Waals surface area (Å²) in [6, 6.07) is 20.1. The van der Waals surface area contributed by atoms with Gasteiger partial charge in [-0.25, -0.2) is 4.99 Å². The van der Waals surface area contributed by atoms with Crippen LogP contribution in [0.2, 0.25) is 0 Å². The Balaban J connectivity index is 1.94. The summed E-state index contributed by atoms with van der Waals surface area (Å²) < 4.78 is 0. The van der Waals surface area contributed by atoms with E-state index < -0.39 is 0 Å². The minimum absolute atomic E-state index is 0.681. The Bertz CT molecular complexity index is 475. The number of nitrogens with two attached hydrogens (primary N) is 1. The molecule has 0 heterocycles. The average Bonchev–Trinajstić information content (AvgIpc) is 2.39. The van der Waals surface area contributed by atoms with Gasteiger partial charge >= 0.3 is 0 Å². The highest BCUT2D eigenvalue weighted by Crippen LogP contribution is 2.10. The SMILES string of the molecule is NC(CCc1ccccc1)=Nc1ccccc1. The molecule has 0 saturated heterocycles. The molecule has 0 aliphatic carbocycles. The van der Waals surface area contributed by atoms with Gasteiger partial charge in [-0.2, -0.15) is 0 Å². The molecular weight excluding hydrogens is 208 g/mol. The highest BCUT2D eigenvalue weighted by Gasteiger charge is 1.96. The highest BCUT2D eigenvalue weighted by molar-refractivity contribution is 5.83. The smallest absolute Gasteiger partial charge is 0.0999 e. The molecule has 0 unspecified atom stereocenters. The summed E-state index contributed by atoms with van der Waals surface area (Å²) in [5, 5.41) is 0. The fraction of sp³-hybridized carbons (Fsp3) is 0.133. The van der Waals surface area contributed by atoms with Gasteiger partial charge in [0, 0.05) is 6.42 Å². The number of aliphatic imine (C=N–C) groups is 1. The summed E-state index contributed by atoms with van der Waals surface area (Å²) >= 11 is 0. The van der Waals surface area contributed by atoms with Crippen molar-refractivity contribution in [2.45, 2.75) is 12.8 Å². The first-order valence-electron chi connectivity index (χ1n) is 5.76. The molecule has 0 atom stereocenters. The average molecular weight is 224 g/mol. The molecule has 0 spiro atoms. The summed E-state index contributed by atoms with van der Waals surface area (Å²) in [6.07, 6.45) is 1.72. The lowest BCUT2D eigenvalue weighted by atomic mass is 10.1. The summed E-state index contributed by atoms with van der Waals surface area (Å²) in [5.74, 6) is 0.681. The standard InChI is InChI=1S/C15H16N2/c16-15(17-14-9-5-2-6-10-14)12-11-13-7-3-1-4-8-13/h1-10H,11-12H2,(H2,16,17). The molecule has 17 heavy (non-hydrogen) atoms. The van der Waals surface area contributed by atoms with Crippen LogP contribution in [0, 0.1) is 0 Å². The lowest BCUT2D eigenvalue weighted by Gasteiger charge is -2.01. The van der Waals surface area contributed by atoms with Crippen LogP contribution in [-0.4, -0.2) is 5.84 Å². The number of amidine groups is 1. The molecule has 2 rings (SSSR count). The maximum absolute atomic E-state index is 5.90. The molecule has 0 aliphatic heterocycles. The summed E-state index contributed by atoms with van der Waals surface area (Å²) in [7, 11) is 0. The van der Waals surface area contributed by atoms with E-state index in [1.54, 1.807) is 0 Å². The molecule has 2 nitrogen and oxygen atoms in total. The van der Waals surface area contributed by atoms with Crippen molar-refractivity contribution in [3.05, 3.63) is 66.2 Å². The van der Waals surface area contributed by atoms with Crippen molar-refractivity contribution in [1.29, 1.82) is 0 Å². The Morgan fingerprint density at radius 3 is 2.12 bits per heavy atom. The molecule has 2 heteroatoms. The fourth-order valence-corrected chi connectivity index (χ4v) is 1.64. The van der Waals surface area contributed by atoms with Gasteiger partial charge in [0.25, 0.3) is 0 Å². The second kappa shape index (κ2) is 5.85. The summed E-state index contributed by atoms with van der Waals surface area (Å²) in [5.41, 5.74) is 8.11. The van der Waals surface area contributed by atoms with Crippen LogP contribution in [0.25, 0.3) is 0 Å². The van der Waals surface area contributed by atoms with Gasteiger partial charge < -0.3 is 5.73 Å². The van der Waals surface area contributed by atoms with Gasteiger partial charge in [0.15, 0.2) is 0 Å². The lowest BCUT2D eigenvalue weighted by molar-refractivity contribution is 1.03. The molecule has 0 bridgehead atoms. The zero-order valence-electron chi connectivity index (χ0n) is 9.71. The first kappa shape index (κ1) is 11.4. The van der Waals surface area contributed by atoms with E-state index in [0.29, 0.717) is 5.84 Å². The van der Waals surface area contributed by atoms with Gasteiger partial charge in [0.2, 0.25) is 0 Å². The first-order chi connectivity index (χ1) is 8.34. The van der Waals surface area contributed by atoms with Gasteiger partial charge in [-0.1, -0.05) is 48.5 Å². The molecule has 2 aromatic carbocycles. The normalized spacial score (nSPS) is 11.4. The molecule has 0 aliphatic rings. The maximum atomic E-state index is 5.90. The third-order valence-corrected chi connectivity index (χ3v) is 2.54. The Hall–Kier alpha value is -2.09. The van der Waals surface area contributed by atoms with Crippen molar-refractivity contribution < 1.29 is 0 Å². The minimum atomic E-state index is 0.681. The Kier molecular flexibility index (Phi) is 3.92. The van der Waals surface area contributed by atoms with Crippen molar-refractivity contribution in [1.82, 2.24) is 0 Å². The monoisotopic (exact) mass is 224 g/mol. The number of hydrogen-bond donors (Lipinski definition) is 1. The molecule has 2 N–H and O–H groups in total. The number of hydrogen-bond acceptors (Lipinski definition) is 1. The maximum Gasteiger partial charge on any atom is 0.0999 e. The van der Waals surface area contributed by atoms with E-state index >= 15 is 0 Å². The number of aryl methyl sites for hydroxylation is 1. The van der Waals surface area contributed by atoms with E-state index in [0.717, 1.165) is 18.5 Å². The third kappa shape index (κ3) is 3.76. The molecule has 86 valence electrons. The molecule has 0 radical (unpaired) electrons. The topological polar surface area (TPSA) is 38.4 Å². The Morgan fingerprint density at radius 2 is 1.47 bits per heavy atom. The van der Waals surface area contributed by atoms with Gasteiger partial charge in [-0.15, -0.1) is 0 Å². The minimum Gasteiger partial charge on any atom is -0.387 e. The predicted octanol–water partition coefficient (Wildman–Crippen LogP) is 3.31. The van der Waals surface area contributed by atoms with Crippen molar-refractivity contribution in [2.75, 3.05) is 0 Å². The van der Waals surface area contributed by atoms with Crippen LogP contribution < -0.4 is 5.73 Å². The first-order valence-corrected chi connectivity index (χ1v) is 5.76. The third-order valence-electron chi connectivity index (χ3n) is 2.54. The Labute approximate surface area is 102 Å². The van der Waals surface area contributed by atoms with Crippen LogP contribution in [0.15, 0.2) is 65.7 Å². The number of rotatable bonds is 4. The summed E-state index contributed by atoms with van der Waals surface area (Å²) in [4.78, 5) is 4.37. The molecule has 2 aromatic rings. The zero-order valence-corrected chi connectivity index (χ0v) is 9.71. The number of benzene rings is 2. The molecule has 0 fully saturated rings. The van der Waals surface area contributed by atoms with E-state index in [9.17, 15) is 0 Å². The van der Waals surface area contributed by atoms with Gasteiger partial charge in [0.1, 0.15) is 0 Å². The highest BCUT2D eigenvalue weighted by atomic mass is 14.8. The summed E-state index contributed by atoms with van der Waals surface area (Å²) in [6.45, 7) is 0. The van der Waals surface area contributed by atoms with Crippen molar-refractivity contribution in [3.8, 4) is 0 Å². The molecule has 0 aromatic heterocycles. The van der Waals surface area contributed by atoms with Crippen molar-refractivity contribution in [3.63, 3.8) is 0 Å². The predicted molar refractivity (Wildman–Crippen MR) is 72.5 cm³/mol. The quantitative estimate of drug-likeness (QED) is 0.628. The van der Waals surface area contributed by atoms with Crippen molar-refractivity contribution >= 4 is 11.5 Å². The van der Waals surface area contributed by atoms with E-state index in [1.807, 2.05) is 48.5 Å². The molecule has 0 saturated carbocycles. The van der Waals surface area contributed by atoms with Crippen LogP contribution >= 0.6 is 0 Å². The second-order valence-corrected chi connectivity index (χ2v) is 3.92. The van der Waals surface area contributed by atoms with Gasteiger partial charge in [-0.3, -0.25) is 0 Å². The molecular formula is C15H16N2. The van der Waals surface area contributed by atoms with Crippen LogP contribution in [0.3, 0.4) is 0 Å². The van der Waals surface area contributed by atoms with Crippen LogP contribution in [0.4, 0.5) is 5.69 Å². The van der Waals surface area contributed by atoms with Crippen LogP contribution in [0.1, 0.15) is 12.0 Å². The van der Waals surface area contributed by atoms with Crippen LogP contribution in [0.5, 0.6) is 0 Å². The number of nitrogens with zero attached hydrogens (tertiary/aromatic N) is 1.